The molecule has 0 spiro atoms. The number of ether oxygens (including phenoxy) is 1. The third kappa shape index (κ3) is 3.66. The Labute approximate surface area is 149 Å². The maximum absolute atomic E-state index is 12.5. The van der Waals surface area contributed by atoms with Crippen molar-refractivity contribution in [1.29, 1.82) is 0 Å². The molecule has 0 radical (unpaired) electrons. The second-order valence-electron chi connectivity index (χ2n) is 5.33. The summed E-state index contributed by atoms with van der Waals surface area (Å²) in [5.74, 6) is -1.01. The number of carbonyl (C=O) groups excluding carboxylic acids is 2. The van der Waals surface area contributed by atoms with Gasteiger partial charge in [-0.2, -0.15) is 0 Å². The Bertz CT molecular complexity index is 790. The van der Waals surface area contributed by atoms with Gasteiger partial charge in [-0.1, -0.05) is 12.1 Å². The summed E-state index contributed by atoms with van der Waals surface area (Å²) in [5.41, 5.74) is 0.880. The van der Waals surface area contributed by atoms with Crippen LogP contribution in [0.25, 0.3) is 0 Å². The van der Waals surface area contributed by atoms with Crippen LogP contribution in [0.2, 0.25) is 0 Å². The number of nitro groups is 1. The van der Waals surface area contributed by atoms with Gasteiger partial charge in [-0.25, -0.2) is 4.79 Å². The van der Waals surface area contributed by atoms with E-state index >= 15 is 0 Å². The number of benzene rings is 1. The highest BCUT2D eigenvalue weighted by Gasteiger charge is 2.39. The molecule has 132 valence electrons. The molecule has 0 saturated carbocycles. The summed E-state index contributed by atoms with van der Waals surface area (Å²) in [6.07, 6.45) is 0. The van der Waals surface area contributed by atoms with Crippen molar-refractivity contribution in [1.82, 2.24) is 10.2 Å². The quantitative estimate of drug-likeness (QED) is 0.379. The van der Waals surface area contributed by atoms with E-state index in [1.54, 1.807) is 19.9 Å². The van der Waals surface area contributed by atoms with E-state index in [9.17, 15) is 19.7 Å². The van der Waals surface area contributed by atoms with E-state index in [1.807, 2.05) is 0 Å². The van der Waals surface area contributed by atoms with Crippen molar-refractivity contribution in [3.63, 3.8) is 0 Å². The number of esters is 1. The largest absolute Gasteiger partial charge is 0.463 e. The van der Waals surface area contributed by atoms with Crippen LogP contribution in [0.15, 0.2) is 35.5 Å². The normalized spacial score (nSPS) is 17.2. The highest BCUT2D eigenvalue weighted by atomic mass is 32.1. The van der Waals surface area contributed by atoms with Crippen LogP contribution in [-0.4, -0.2) is 33.4 Å². The van der Waals surface area contributed by atoms with Crippen molar-refractivity contribution < 1.29 is 19.2 Å². The SMILES string of the molecule is CCOC(=O)C1=C(C)NC(=S)N(C(C)=O)[C@H]1c1cccc([N+](=O)[O-])c1. The lowest BCUT2D eigenvalue weighted by atomic mass is 9.93. The zero-order valence-corrected chi connectivity index (χ0v) is 14.8. The van der Waals surface area contributed by atoms with E-state index in [4.69, 9.17) is 17.0 Å². The molecule has 0 bridgehead atoms. The maximum Gasteiger partial charge on any atom is 0.338 e. The number of nitrogens with one attached hydrogen (secondary N) is 1. The number of hydrogen-bond acceptors (Lipinski definition) is 6. The zero-order chi connectivity index (χ0) is 18.7. The van der Waals surface area contributed by atoms with E-state index in [1.165, 1.54) is 30.0 Å². The number of allylic oxidation sites excluding steroid dienone is 1. The van der Waals surface area contributed by atoms with Crippen LogP contribution < -0.4 is 5.32 Å². The van der Waals surface area contributed by atoms with Crippen molar-refractivity contribution in [2.45, 2.75) is 26.8 Å². The molecule has 1 aliphatic rings. The topological polar surface area (TPSA) is 102 Å². The lowest BCUT2D eigenvalue weighted by Gasteiger charge is -2.37. The summed E-state index contributed by atoms with van der Waals surface area (Å²) in [7, 11) is 0. The first kappa shape index (κ1) is 18.5. The number of thiocarbonyl (C=S) groups is 1. The smallest absolute Gasteiger partial charge is 0.338 e. The third-order valence-electron chi connectivity index (χ3n) is 3.68. The molecule has 2 rings (SSSR count). The fourth-order valence-electron chi connectivity index (χ4n) is 2.66. The number of rotatable bonds is 4. The van der Waals surface area contributed by atoms with Gasteiger partial charge in [0, 0.05) is 24.8 Å². The minimum Gasteiger partial charge on any atom is -0.463 e. The summed E-state index contributed by atoms with van der Waals surface area (Å²) in [5, 5.41) is 14.0. The van der Waals surface area contributed by atoms with Gasteiger partial charge in [-0.3, -0.25) is 19.8 Å². The molecule has 8 nitrogen and oxygen atoms in total. The van der Waals surface area contributed by atoms with Gasteiger partial charge in [0.15, 0.2) is 5.11 Å². The van der Waals surface area contributed by atoms with E-state index < -0.39 is 22.8 Å². The van der Waals surface area contributed by atoms with E-state index in [0.29, 0.717) is 11.3 Å². The van der Waals surface area contributed by atoms with Crippen molar-refractivity contribution in [2.75, 3.05) is 6.61 Å². The second-order valence-corrected chi connectivity index (χ2v) is 5.72. The Kier molecular flexibility index (Phi) is 5.48. The molecule has 1 amide bonds. The molecule has 9 heteroatoms. The summed E-state index contributed by atoms with van der Waals surface area (Å²) >= 11 is 5.22. The van der Waals surface area contributed by atoms with Crippen molar-refractivity contribution in [2.24, 2.45) is 0 Å². The van der Waals surface area contributed by atoms with Gasteiger partial charge >= 0.3 is 5.97 Å². The lowest BCUT2D eigenvalue weighted by molar-refractivity contribution is -0.384. The molecule has 25 heavy (non-hydrogen) atoms. The minimum atomic E-state index is -0.898. The third-order valence-corrected chi connectivity index (χ3v) is 3.98. The van der Waals surface area contributed by atoms with E-state index in [0.717, 1.165) is 0 Å². The number of nitro benzene ring substituents is 1. The maximum atomic E-state index is 12.5. The number of amides is 1. The Morgan fingerprint density at radius 2 is 2.12 bits per heavy atom. The molecule has 1 aromatic carbocycles. The summed E-state index contributed by atoms with van der Waals surface area (Å²) in [6, 6.07) is 4.86. The highest BCUT2D eigenvalue weighted by molar-refractivity contribution is 7.80. The number of hydrogen-bond donors (Lipinski definition) is 1. The standard InChI is InChI=1S/C16H17N3O5S/c1-4-24-15(21)13-9(2)17-16(25)18(10(3)20)14(13)11-6-5-7-12(8-11)19(22)23/h5-8,14H,4H2,1-3H3,(H,17,25)/t14-/m0/s1. The van der Waals surface area contributed by atoms with Crippen LogP contribution in [0, 0.1) is 10.1 Å². The molecular weight excluding hydrogens is 346 g/mol. The zero-order valence-electron chi connectivity index (χ0n) is 13.9. The Morgan fingerprint density at radius 3 is 2.68 bits per heavy atom. The second kappa shape index (κ2) is 7.39. The first-order chi connectivity index (χ1) is 11.8. The van der Waals surface area contributed by atoms with Gasteiger partial charge in [0.1, 0.15) is 0 Å². The summed E-state index contributed by atoms with van der Waals surface area (Å²) < 4.78 is 5.09. The number of carbonyl (C=O) groups is 2. The van der Waals surface area contributed by atoms with Crippen LogP contribution >= 0.6 is 12.2 Å². The van der Waals surface area contributed by atoms with Crippen LogP contribution in [0.5, 0.6) is 0 Å². The lowest BCUT2D eigenvalue weighted by Crippen LogP contribution is -2.50. The molecule has 0 aliphatic carbocycles. The average molecular weight is 363 g/mol. The Hall–Kier alpha value is -2.81. The van der Waals surface area contributed by atoms with Crippen molar-refractivity contribution >= 4 is 34.9 Å². The molecule has 0 fully saturated rings. The molecule has 1 atom stereocenters. The van der Waals surface area contributed by atoms with Crippen LogP contribution in [0.4, 0.5) is 5.69 Å². The van der Waals surface area contributed by atoms with Gasteiger partial charge < -0.3 is 10.1 Å². The molecule has 0 saturated heterocycles. The molecular formula is C16H17N3O5S. The number of non-ortho nitro benzene ring substituents is 1. The van der Waals surface area contributed by atoms with Crippen LogP contribution in [-0.2, 0) is 14.3 Å². The molecule has 0 aromatic heterocycles. The Balaban J connectivity index is 2.67. The molecule has 1 aromatic rings. The van der Waals surface area contributed by atoms with Crippen LogP contribution in [0.3, 0.4) is 0 Å². The highest BCUT2D eigenvalue weighted by Crippen LogP contribution is 2.35. The van der Waals surface area contributed by atoms with Crippen LogP contribution in [0.1, 0.15) is 32.4 Å². The van der Waals surface area contributed by atoms with Gasteiger partial charge in [0.2, 0.25) is 5.91 Å². The van der Waals surface area contributed by atoms with Crippen molar-refractivity contribution in [3.8, 4) is 0 Å². The first-order valence-corrected chi connectivity index (χ1v) is 7.91. The van der Waals surface area contributed by atoms with Gasteiger partial charge in [-0.15, -0.1) is 0 Å². The van der Waals surface area contributed by atoms with E-state index in [-0.39, 0.29) is 23.0 Å². The summed E-state index contributed by atoms with van der Waals surface area (Å²) in [6.45, 7) is 4.77. The predicted octanol–water partition coefficient (Wildman–Crippen LogP) is 2.21. The molecule has 1 heterocycles. The van der Waals surface area contributed by atoms with Gasteiger partial charge in [-0.05, 0) is 31.6 Å². The minimum absolute atomic E-state index is 0.120. The first-order valence-electron chi connectivity index (χ1n) is 7.51. The van der Waals surface area contributed by atoms with Gasteiger partial charge in [0.25, 0.3) is 5.69 Å². The number of nitrogens with zero attached hydrogens (tertiary/aromatic N) is 2. The molecule has 0 unspecified atom stereocenters. The van der Waals surface area contributed by atoms with Gasteiger partial charge in [0.05, 0.1) is 23.1 Å². The van der Waals surface area contributed by atoms with Crippen molar-refractivity contribution in [3.05, 3.63) is 51.2 Å². The predicted molar refractivity (Wildman–Crippen MR) is 93.4 cm³/mol. The molecule has 1 N–H and O–H groups in total. The average Bonchev–Trinajstić information content (AvgIpc) is 2.53. The fourth-order valence-corrected chi connectivity index (χ4v) is 3.05. The van der Waals surface area contributed by atoms with E-state index in [2.05, 4.69) is 5.32 Å². The monoisotopic (exact) mass is 363 g/mol. The molecule has 1 aliphatic heterocycles. The summed E-state index contributed by atoms with van der Waals surface area (Å²) in [4.78, 5) is 36.3. The Morgan fingerprint density at radius 1 is 1.44 bits per heavy atom. The fraction of sp³-hybridized carbons (Fsp3) is 0.312.